The predicted octanol–water partition coefficient (Wildman–Crippen LogP) is 4.18. The van der Waals surface area contributed by atoms with Crippen molar-refractivity contribution in [1.82, 2.24) is 5.32 Å². The van der Waals surface area contributed by atoms with Crippen molar-refractivity contribution < 1.29 is 4.74 Å². The van der Waals surface area contributed by atoms with E-state index in [9.17, 15) is 0 Å². The van der Waals surface area contributed by atoms with Crippen LogP contribution in [-0.4, -0.2) is 18.7 Å². The van der Waals surface area contributed by atoms with E-state index in [1.807, 2.05) is 0 Å². The van der Waals surface area contributed by atoms with Crippen LogP contribution in [0.3, 0.4) is 0 Å². The van der Waals surface area contributed by atoms with Gasteiger partial charge in [-0.25, -0.2) is 0 Å². The van der Waals surface area contributed by atoms with E-state index < -0.39 is 0 Å². The van der Waals surface area contributed by atoms with Crippen LogP contribution < -0.4 is 10.1 Å². The minimum Gasteiger partial charge on any atom is -0.488 e. The van der Waals surface area contributed by atoms with Gasteiger partial charge < -0.3 is 10.1 Å². The molecule has 2 rings (SSSR count). The monoisotopic (exact) mass is 275 g/mol. The zero-order valence-electron chi connectivity index (χ0n) is 13.4. The highest BCUT2D eigenvalue weighted by Crippen LogP contribution is 2.33. The lowest BCUT2D eigenvalue weighted by Crippen LogP contribution is -2.51. The van der Waals surface area contributed by atoms with E-state index in [2.05, 4.69) is 57.3 Å². The van der Waals surface area contributed by atoms with Gasteiger partial charge in [0.15, 0.2) is 0 Å². The Balaban J connectivity index is 2.10. The molecule has 1 saturated carbocycles. The standard InChI is InChI=1S/C18H29NO/c1-5-10-19-16-12-13(2)11-15(4)18(16)20-17-9-7-6-8-14(17)3/h6-9,13,15-16,18-19H,5,10-12H2,1-4H3. The summed E-state index contributed by atoms with van der Waals surface area (Å²) in [7, 11) is 0. The Hall–Kier alpha value is -1.02. The van der Waals surface area contributed by atoms with Gasteiger partial charge in [-0.1, -0.05) is 39.0 Å². The molecule has 0 radical (unpaired) electrons. The third-order valence-electron chi connectivity index (χ3n) is 4.40. The summed E-state index contributed by atoms with van der Waals surface area (Å²) in [6, 6.07) is 8.83. The minimum atomic E-state index is 0.291. The van der Waals surface area contributed by atoms with E-state index in [1.54, 1.807) is 0 Å². The largest absolute Gasteiger partial charge is 0.488 e. The summed E-state index contributed by atoms with van der Waals surface area (Å²) < 4.78 is 6.39. The van der Waals surface area contributed by atoms with Gasteiger partial charge in [-0.05, 0) is 56.2 Å². The maximum Gasteiger partial charge on any atom is 0.122 e. The molecule has 0 heterocycles. The van der Waals surface area contributed by atoms with Crippen LogP contribution in [0.1, 0.15) is 45.6 Å². The summed E-state index contributed by atoms with van der Waals surface area (Å²) in [4.78, 5) is 0. The average Bonchev–Trinajstić information content (AvgIpc) is 2.41. The van der Waals surface area contributed by atoms with Gasteiger partial charge in [-0.15, -0.1) is 0 Å². The van der Waals surface area contributed by atoms with E-state index in [1.165, 1.54) is 24.8 Å². The van der Waals surface area contributed by atoms with Crippen LogP contribution in [0.15, 0.2) is 24.3 Å². The fourth-order valence-corrected chi connectivity index (χ4v) is 3.39. The van der Waals surface area contributed by atoms with E-state index in [0.29, 0.717) is 18.1 Å². The Labute approximate surface area is 123 Å². The maximum absolute atomic E-state index is 6.39. The highest BCUT2D eigenvalue weighted by Gasteiger charge is 2.35. The molecule has 0 saturated heterocycles. The van der Waals surface area contributed by atoms with Crippen molar-refractivity contribution in [1.29, 1.82) is 0 Å². The highest BCUT2D eigenvalue weighted by molar-refractivity contribution is 5.32. The number of hydrogen-bond acceptors (Lipinski definition) is 2. The highest BCUT2D eigenvalue weighted by atomic mass is 16.5. The molecule has 20 heavy (non-hydrogen) atoms. The molecule has 0 amide bonds. The lowest BCUT2D eigenvalue weighted by molar-refractivity contribution is 0.0472. The van der Waals surface area contributed by atoms with Crippen LogP contribution in [0.2, 0.25) is 0 Å². The first-order valence-corrected chi connectivity index (χ1v) is 8.07. The van der Waals surface area contributed by atoms with Crippen molar-refractivity contribution in [3.63, 3.8) is 0 Å². The van der Waals surface area contributed by atoms with Gasteiger partial charge in [0.05, 0.1) is 0 Å². The molecular formula is C18H29NO. The molecule has 1 aromatic rings. The number of ether oxygens (including phenoxy) is 1. The van der Waals surface area contributed by atoms with Crippen molar-refractivity contribution in [3.8, 4) is 5.75 Å². The lowest BCUT2D eigenvalue weighted by atomic mass is 9.78. The Bertz CT molecular complexity index is 418. The van der Waals surface area contributed by atoms with Crippen molar-refractivity contribution in [2.45, 2.75) is 59.1 Å². The molecule has 0 bridgehead atoms. The van der Waals surface area contributed by atoms with E-state index in [-0.39, 0.29) is 0 Å². The smallest absolute Gasteiger partial charge is 0.122 e. The third-order valence-corrected chi connectivity index (χ3v) is 4.40. The molecule has 0 spiro atoms. The van der Waals surface area contributed by atoms with Crippen LogP contribution in [0.5, 0.6) is 5.75 Å². The SMILES string of the molecule is CCCNC1CC(C)CC(C)C1Oc1ccccc1C. The van der Waals surface area contributed by atoms with Crippen LogP contribution in [0.25, 0.3) is 0 Å². The molecule has 1 aromatic carbocycles. The summed E-state index contributed by atoms with van der Waals surface area (Å²) in [6.45, 7) is 10.1. The number of rotatable bonds is 5. The first kappa shape index (κ1) is 15.4. The molecule has 112 valence electrons. The summed E-state index contributed by atoms with van der Waals surface area (Å²) >= 11 is 0. The summed E-state index contributed by atoms with van der Waals surface area (Å²) in [5.74, 6) is 2.44. The van der Waals surface area contributed by atoms with E-state index in [4.69, 9.17) is 4.74 Å². The van der Waals surface area contributed by atoms with Gasteiger partial charge in [0.25, 0.3) is 0 Å². The van der Waals surface area contributed by atoms with Gasteiger partial charge >= 0.3 is 0 Å². The van der Waals surface area contributed by atoms with Gasteiger partial charge in [0.1, 0.15) is 11.9 Å². The average molecular weight is 275 g/mol. The quantitative estimate of drug-likeness (QED) is 0.870. The minimum absolute atomic E-state index is 0.291. The van der Waals surface area contributed by atoms with Crippen LogP contribution >= 0.6 is 0 Å². The Kier molecular flexibility index (Phi) is 5.47. The van der Waals surface area contributed by atoms with Gasteiger partial charge in [-0.2, -0.15) is 0 Å². The van der Waals surface area contributed by atoms with Crippen molar-refractivity contribution >= 4 is 0 Å². The van der Waals surface area contributed by atoms with Crippen LogP contribution in [0.4, 0.5) is 0 Å². The van der Waals surface area contributed by atoms with Crippen LogP contribution in [0, 0.1) is 18.8 Å². The normalized spacial score (nSPS) is 30.2. The van der Waals surface area contributed by atoms with E-state index >= 15 is 0 Å². The first-order chi connectivity index (χ1) is 9.61. The van der Waals surface area contributed by atoms with Gasteiger partial charge in [0.2, 0.25) is 0 Å². The molecule has 4 unspecified atom stereocenters. The molecule has 1 aliphatic rings. The molecule has 4 atom stereocenters. The Morgan fingerprint density at radius 2 is 1.95 bits per heavy atom. The Morgan fingerprint density at radius 3 is 2.65 bits per heavy atom. The molecule has 2 heteroatoms. The second-order valence-electron chi connectivity index (χ2n) is 6.46. The molecule has 1 N–H and O–H groups in total. The third kappa shape index (κ3) is 3.76. The summed E-state index contributed by atoms with van der Waals surface area (Å²) in [6.07, 6.45) is 3.96. The molecule has 1 aliphatic carbocycles. The summed E-state index contributed by atoms with van der Waals surface area (Å²) in [5, 5.41) is 3.70. The van der Waals surface area contributed by atoms with Crippen molar-refractivity contribution in [2.75, 3.05) is 6.54 Å². The maximum atomic E-state index is 6.39. The molecule has 0 aliphatic heterocycles. The van der Waals surface area contributed by atoms with Gasteiger partial charge in [0, 0.05) is 6.04 Å². The topological polar surface area (TPSA) is 21.3 Å². The lowest BCUT2D eigenvalue weighted by Gasteiger charge is -2.40. The van der Waals surface area contributed by atoms with Crippen LogP contribution in [-0.2, 0) is 0 Å². The first-order valence-electron chi connectivity index (χ1n) is 8.07. The van der Waals surface area contributed by atoms with Crippen molar-refractivity contribution in [3.05, 3.63) is 29.8 Å². The van der Waals surface area contributed by atoms with Crippen molar-refractivity contribution in [2.24, 2.45) is 11.8 Å². The molecular weight excluding hydrogens is 246 g/mol. The number of hydrogen-bond donors (Lipinski definition) is 1. The second kappa shape index (κ2) is 7.12. The molecule has 0 aromatic heterocycles. The molecule has 1 fully saturated rings. The number of nitrogens with one attached hydrogen (secondary N) is 1. The predicted molar refractivity (Wildman–Crippen MR) is 85.2 cm³/mol. The number of aryl methyl sites for hydroxylation is 1. The Morgan fingerprint density at radius 1 is 1.20 bits per heavy atom. The number of benzene rings is 1. The summed E-state index contributed by atoms with van der Waals surface area (Å²) in [5.41, 5.74) is 1.23. The molecule has 2 nitrogen and oxygen atoms in total. The zero-order chi connectivity index (χ0) is 14.5. The number of para-hydroxylation sites is 1. The zero-order valence-corrected chi connectivity index (χ0v) is 13.4. The fourth-order valence-electron chi connectivity index (χ4n) is 3.39. The second-order valence-corrected chi connectivity index (χ2v) is 6.46. The fraction of sp³-hybridized carbons (Fsp3) is 0.667. The van der Waals surface area contributed by atoms with Gasteiger partial charge in [-0.3, -0.25) is 0 Å². The van der Waals surface area contributed by atoms with E-state index in [0.717, 1.165) is 18.2 Å².